The molecule has 152 valence electrons. The van der Waals surface area contributed by atoms with Gasteiger partial charge in [0.2, 0.25) is 0 Å². The van der Waals surface area contributed by atoms with Gasteiger partial charge in [0.1, 0.15) is 22.5 Å². The zero-order valence-corrected chi connectivity index (χ0v) is 16.7. The minimum absolute atomic E-state index is 0.109. The van der Waals surface area contributed by atoms with E-state index in [1.165, 1.54) is 32.4 Å². The molecule has 0 saturated carbocycles. The molecule has 0 fully saturated rings. The van der Waals surface area contributed by atoms with Gasteiger partial charge in [-0.05, 0) is 12.1 Å². The highest BCUT2D eigenvalue weighted by Crippen LogP contribution is 2.37. The Kier molecular flexibility index (Phi) is 6.04. The predicted molar refractivity (Wildman–Crippen MR) is 105 cm³/mol. The van der Waals surface area contributed by atoms with Gasteiger partial charge in [-0.1, -0.05) is 35.3 Å². The third-order valence-corrected chi connectivity index (χ3v) is 4.39. The maximum Gasteiger partial charge on any atom is 0.416 e. The molecule has 5 nitrogen and oxygen atoms in total. The van der Waals surface area contributed by atoms with Crippen LogP contribution in [0.25, 0.3) is 11.4 Å². The first-order valence-electron chi connectivity index (χ1n) is 8.12. The second-order valence-corrected chi connectivity index (χ2v) is 6.58. The summed E-state index contributed by atoms with van der Waals surface area (Å²) in [6.45, 7) is 0. The van der Waals surface area contributed by atoms with Gasteiger partial charge in [-0.2, -0.15) is 13.2 Å². The second kappa shape index (κ2) is 8.34. The van der Waals surface area contributed by atoms with Crippen molar-refractivity contribution in [3.8, 4) is 22.9 Å². The third-order valence-electron chi connectivity index (χ3n) is 3.90. The number of rotatable bonds is 5. The number of nitrogens with zero attached hydrogens (tertiary/aromatic N) is 2. The summed E-state index contributed by atoms with van der Waals surface area (Å²) in [4.78, 5) is 8.41. The third kappa shape index (κ3) is 4.83. The zero-order chi connectivity index (χ0) is 21.2. The van der Waals surface area contributed by atoms with Gasteiger partial charge in [0, 0.05) is 23.8 Å². The number of halogens is 5. The lowest BCUT2D eigenvalue weighted by atomic mass is 10.1. The minimum atomic E-state index is -4.43. The molecule has 1 heterocycles. The average molecular weight is 444 g/mol. The molecule has 0 spiro atoms. The van der Waals surface area contributed by atoms with Crippen LogP contribution < -0.4 is 14.8 Å². The van der Waals surface area contributed by atoms with Crippen molar-refractivity contribution in [1.82, 2.24) is 9.97 Å². The van der Waals surface area contributed by atoms with Crippen LogP contribution >= 0.6 is 23.2 Å². The Morgan fingerprint density at radius 2 is 1.55 bits per heavy atom. The monoisotopic (exact) mass is 443 g/mol. The van der Waals surface area contributed by atoms with Crippen molar-refractivity contribution in [2.75, 3.05) is 19.5 Å². The highest BCUT2D eigenvalue weighted by Gasteiger charge is 2.30. The van der Waals surface area contributed by atoms with Crippen LogP contribution in [0.5, 0.6) is 11.5 Å². The molecule has 0 unspecified atom stereocenters. The molecule has 0 atom stereocenters. The van der Waals surface area contributed by atoms with Gasteiger partial charge in [0.05, 0.1) is 30.5 Å². The standard InChI is InChI=1S/C19H14Cl2F3N3O2/c1-28-14-8-13(15(29-2)7-12(14)20)25-17-9-16(21)26-18(27-17)10-3-5-11(6-4-10)19(22,23)24/h3-9H,1-2H3,(H,25,26,27). The second-order valence-electron chi connectivity index (χ2n) is 5.79. The van der Waals surface area contributed by atoms with E-state index >= 15 is 0 Å². The molecule has 0 bridgehead atoms. The first-order valence-corrected chi connectivity index (χ1v) is 8.87. The zero-order valence-electron chi connectivity index (χ0n) is 15.1. The molecule has 0 saturated heterocycles. The molecule has 0 aliphatic carbocycles. The number of anilines is 2. The van der Waals surface area contributed by atoms with E-state index in [2.05, 4.69) is 15.3 Å². The van der Waals surface area contributed by atoms with Gasteiger partial charge in [-0.25, -0.2) is 9.97 Å². The quantitative estimate of drug-likeness (QED) is 0.473. The van der Waals surface area contributed by atoms with E-state index in [-0.39, 0.29) is 11.0 Å². The topological polar surface area (TPSA) is 56.3 Å². The molecule has 1 aromatic heterocycles. The highest BCUT2D eigenvalue weighted by molar-refractivity contribution is 6.32. The SMILES string of the molecule is COc1cc(Nc2cc(Cl)nc(-c3ccc(C(F)(F)F)cc3)n2)c(OC)cc1Cl. The fraction of sp³-hybridized carbons (Fsp3) is 0.158. The molecular weight excluding hydrogens is 430 g/mol. The van der Waals surface area contributed by atoms with Crippen molar-refractivity contribution >= 4 is 34.7 Å². The fourth-order valence-electron chi connectivity index (χ4n) is 2.52. The van der Waals surface area contributed by atoms with E-state index in [0.717, 1.165) is 12.1 Å². The number of nitrogens with one attached hydrogen (secondary N) is 1. The van der Waals surface area contributed by atoms with Crippen LogP contribution in [-0.4, -0.2) is 24.2 Å². The number of hydrogen-bond donors (Lipinski definition) is 1. The first kappa shape index (κ1) is 21.0. The maximum atomic E-state index is 12.8. The summed E-state index contributed by atoms with van der Waals surface area (Å²) >= 11 is 12.2. The molecular formula is C19H14Cl2F3N3O2. The molecule has 3 aromatic rings. The normalized spacial score (nSPS) is 11.3. The molecule has 10 heteroatoms. The number of ether oxygens (including phenoxy) is 2. The Hall–Kier alpha value is -2.71. The smallest absolute Gasteiger partial charge is 0.416 e. The van der Waals surface area contributed by atoms with Crippen LogP contribution in [0.1, 0.15) is 5.56 Å². The Morgan fingerprint density at radius 3 is 2.14 bits per heavy atom. The number of alkyl halides is 3. The van der Waals surface area contributed by atoms with Crippen LogP contribution in [0.15, 0.2) is 42.5 Å². The Balaban J connectivity index is 1.96. The number of aromatic nitrogens is 2. The molecule has 0 aliphatic rings. The van der Waals surface area contributed by atoms with Crippen LogP contribution in [0.4, 0.5) is 24.7 Å². The van der Waals surface area contributed by atoms with Crippen molar-refractivity contribution in [3.05, 3.63) is 58.2 Å². The Morgan fingerprint density at radius 1 is 0.897 bits per heavy atom. The lowest BCUT2D eigenvalue weighted by molar-refractivity contribution is -0.137. The lowest BCUT2D eigenvalue weighted by Crippen LogP contribution is -2.04. The van der Waals surface area contributed by atoms with Gasteiger partial charge in [0.15, 0.2) is 5.82 Å². The summed E-state index contributed by atoms with van der Waals surface area (Å²) in [7, 11) is 2.95. The molecule has 0 amide bonds. The summed E-state index contributed by atoms with van der Waals surface area (Å²) in [5.74, 6) is 1.32. The molecule has 3 rings (SSSR count). The molecule has 2 aromatic carbocycles. The van der Waals surface area contributed by atoms with Gasteiger partial charge in [0.25, 0.3) is 0 Å². The van der Waals surface area contributed by atoms with E-state index in [9.17, 15) is 13.2 Å². The van der Waals surface area contributed by atoms with E-state index in [4.69, 9.17) is 32.7 Å². The van der Waals surface area contributed by atoms with Crippen LogP contribution in [0.3, 0.4) is 0 Å². The highest BCUT2D eigenvalue weighted by atomic mass is 35.5. The van der Waals surface area contributed by atoms with Gasteiger partial charge in [-0.3, -0.25) is 0 Å². The summed E-state index contributed by atoms with van der Waals surface area (Å²) in [5.41, 5.74) is 0.116. The van der Waals surface area contributed by atoms with Crippen molar-refractivity contribution in [2.45, 2.75) is 6.18 Å². The van der Waals surface area contributed by atoms with Crippen LogP contribution in [0.2, 0.25) is 10.2 Å². The van der Waals surface area contributed by atoms with E-state index in [1.54, 1.807) is 12.1 Å². The number of hydrogen-bond acceptors (Lipinski definition) is 5. The minimum Gasteiger partial charge on any atom is -0.495 e. The van der Waals surface area contributed by atoms with Crippen molar-refractivity contribution < 1.29 is 22.6 Å². The van der Waals surface area contributed by atoms with Crippen LogP contribution in [-0.2, 0) is 6.18 Å². The summed E-state index contributed by atoms with van der Waals surface area (Å²) in [6.07, 6.45) is -4.43. The fourth-order valence-corrected chi connectivity index (χ4v) is 2.93. The summed E-state index contributed by atoms with van der Waals surface area (Å²) in [5, 5.41) is 3.50. The van der Waals surface area contributed by atoms with Gasteiger partial charge in [-0.15, -0.1) is 0 Å². The molecule has 29 heavy (non-hydrogen) atoms. The van der Waals surface area contributed by atoms with E-state index in [0.29, 0.717) is 33.6 Å². The molecule has 1 N–H and O–H groups in total. The summed E-state index contributed by atoms with van der Waals surface area (Å²) in [6, 6.07) is 9.14. The Bertz CT molecular complexity index is 1030. The lowest BCUT2D eigenvalue weighted by Gasteiger charge is -2.14. The average Bonchev–Trinajstić information content (AvgIpc) is 2.68. The Labute approximate surface area is 174 Å². The first-order chi connectivity index (χ1) is 13.7. The van der Waals surface area contributed by atoms with Gasteiger partial charge < -0.3 is 14.8 Å². The van der Waals surface area contributed by atoms with Crippen molar-refractivity contribution in [2.24, 2.45) is 0 Å². The maximum absolute atomic E-state index is 12.8. The largest absolute Gasteiger partial charge is 0.495 e. The van der Waals surface area contributed by atoms with E-state index in [1.807, 2.05) is 0 Å². The van der Waals surface area contributed by atoms with Gasteiger partial charge >= 0.3 is 6.18 Å². The summed E-state index contributed by atoms with van der Waals surface area (Å²) < 4.78 is 48.8. The number of benzene rings is 2. The van der Waals surface area contributed by atoms with Crippen LogP contribution in [0, 0.1) is 0 Å². The van der Waals surface area contributed by atoms with Crippen molar-refractivity contribution in [3.63, 3.8) is 0 Å². The number of methoxy groups -OCH3 is 2. The van der Waals surface area contributed by atoms with E-state index < -0.39 is 11.7 Å². The molecule has 0 aliphatic heterocycles. The van der Waals surface area contributed by atoms with Crippen molar-refractivity contribution in [1.29, 1.82) is 0 Å². The predicted octanol–water partition coefficient (Wildman–Crippen LogP) is 6.23. The molecule has 0 radical (unpaired) electrons.